The Kier molecular flexibility index (Phi) is 3.74. The summed E-state index contributed by atoms with van der Waals surface area (Å²) >= 11 is 0. The minimum Gasteiger partial charge on any atom is -0.478 e. The SMILES string of the molecule is CCCc1cc(NS(=O)(=O)c2[nH]ncc2C(=O)O)n[nH]1. The largest absolute Gasteiger partial charge is 0.478 e. The van der Waals surface area contributed by atoms with Crippen molar-refractivity contribution >= 4 is 21.8 Å². The Morgan fingerprint density at radius 3 is 2.85 bits per heavy atom. The van der Waals surface area contributed by atoms with Crippen LogP contribution < -0.4 is 4.72 Å². The second kappa shape index (κ2) is 5.33. The summed E-state index contributed by atoms with van der Waals surface area (Å²) in [5, 5.41) is 20.5. The lowest BCUT2D eigenvalue weighted by Crippen LogP contribution is -2.16. The van der Waals surface area contributed by atoms with Gasteiger partial charge in [-0.1, -0.05) is 13.3 Å². The monoisotopic (exact) mass is 299 g/mol. The van der Waals surface area contributed by atoms with Crippen LogP contribution in [0.5, 0.6) is 0 Å². The molecule has 0 aliphatic rings. The molecule has 108 valence electrons. The Balaban J connectivity index is 2.26. The Hall–Kier alpha value is -2.36. The minimum atomic E-state index is -4.08. The summed E-state index contributed by atoms with van der Waals surface area (Å²) in [6.07, 6.45) is 2.56. The molecule has 0 bridgehead atoms. The zero-order valence-electron chi connectivity index (χ0n) is 10.5. The summed E-state index contributed by atoms with van der Waals surface area (Å²) in [4.78, 5) is 10.9. The van der Waals surface area contributed by atoms with Gasteiger partial charge in [-0.3, -0.25) is 14.9 Å². The lowest BCUT2D eigenvalue weighted by molar-refractivity contribution is 0.0692. The highest BCUT2D eigenvalue weighted by Crippen LogP contribution is 2.17. The maximum absolute atomic E-state index is 12.1. The molecule has 2 aromatic rings. The van der Waals surface area contributed by atoms with Crippen molar-refractivity contribution in [1.29, 1.82) is 0 Å². The van der Waals surface area contributed by atoms with E-state index in [2.05, 4.69) is 25.1 Å². The molecular formula is C10H13N5O4S. The van der Waals surface area contributed by atoms with E-state index in [0.29, 0.717) is 0 Å². The molecule has 0 fully saturated rings. The van der Waals surface area contributed by atoms with Crippen molar-refractivity contribution in [3.8, 4) is 0 Å². The number of aromatic carboxylic acids is 1. The number of nitrogens with zero attached hydrogens (tertiary/aromatic N) is 2. The molecule has 2 heterocycles. The van der Waals surface area contributed by atoms with Crippen LogP contribution >= 0.6 is 0 Å². The molecule has 10 heteroatoms. The van der Waals surface area contributed by atoms with Crippen LogP contribution in [0.25, 0.3) is 0 Å². The highest BCUT2D eigenvalue weighted by molar-refractivity contribution is 7.92. The third kappa shape index (κ3) is 2.79. The van der Waals surface area contributed by atoms with Crippen molar-refractivity contribution in [2.45, 2.75) is 24.8 Å². The number of carboxylic acid groups (broad SMARTS) is 1. The van der Waals surface area contributed by atoms with E-state index >= 15 is 0 Å². The molecule has 9 nitrogen and oxygen atoms in total. The number of carbonyl (C=O) groups is 1. The van der Waals surface area contributed by atoms with Crippen molar-refractivity contribution in [2.75, 3.05) is 4.72 Å². The molecule has 0 atom stereocenters. The maximum Gasteiger partial charge on any atom is 0.340 e. The smallest absolute Gasteiger partial charge is 0.340 e. The maximum atomic E-state index is 12.1. The zero-order chi connectivity index (χ0) is 14.8. The number of hydrogen-bond acceptors (Lipinski definition) is 5. The number of aromatic amines is 2. The van der Waals surface area contributed by atoms with Crippen LogP contribution in [0.1, 0.15) is 29.4 Å². The van der Waals surface area contributed by atoms with Gasteiger partial charge in [0.15, 0.2) is 10.8 Å². The minimum absolute atomic E-state index is 0.0967. The number of hydrogen-bond donors (Lipinski definition) is 4. The van der Waals surface area contributed by atoms with Gasteiger partial charge in [-0.2, -0.15) is 18.6 Å². The summed E-state index contributed by atoms with van der Waals surface area (Å²) in [6.45, 7) is 1.98. The molecule has 0 saturated carbocycles. The first-order valence-corrected chi connectivity index (χ1v) is 7.26. The predicted molar refractivity (Wildman–Crippen MR) is 68.9 cm³/mol. The molecular weight excluding hydrogens is 286 g/mol. The average Bonchev–Trinajstić information content (AvgIpc) is 2.98. The van der Waals surface area contributed by atoms with Gasteiger partial charge in [0.1, 0.15) is 5.56 Å². The van der Waals surface area contributed by atoms with E-state index in [0.717, 1.165) is 24.7 Å². The van der Waals surface area contributed by atoms with Crippen molar-refractivity contribution in [3.05, 3.63) is 23.5 Å². The fourth-order valence-electron chi connectivity index (χ4n) is 1.63. The molecule has 0 aliphatic heterocycles. The topological polar surface area (TPSA) is 141 Å². The van der Waals surface area contributed by atoms with Gasteiger partial charge in [0, 0.05) is 11.8 Å². The summed E-state index contributed by atoms with van der Waals surface area (Å²) in [7, 11) is -4.08. The zero-order valence-corrected chi connectivity index (χ0v) is 11.4. The van der Waals surface area contributed by atoms with Gasteiger partial charge in [-0.05, 0) is 6.42 Å². The summed E-state index contributed by atoms with van der Waals surface area (Å²) in [5.41, 5.74) is 0.357. The molecule has 0 unspecified atom stereocenters. The number of anilines is 1. The quantitative estimate of drug-likeness (QED) is 0.615. The van der Waals surface area contributed by atoms with Gasteiger partial charge in [0.05, 0.1) is 6.20 Å². The van der Waals surface area contributed by atoms with Crippen LogP contribution in [0.4, 0.5) is 5.82 Å². The fraction of sp³-hybridized carbons (Fsp3) is 0.300. The van der Waals surface area contributed by atoms with E-state index in [9.17, 15) is 13.2 Å². The number of rotatable bonds is 6. The van der Waals surface area contributed by atoms with Gasteiger partial charge in [0.25, 0.3) is 10.0 Å². The van der Waals surface area contributed by atoms with E-state index in [4.69, 9.17) is 5.11 Å². The molecule has 2 aromatic heterocycles. The molecule has 20 heavy (non-hydrogen) atoms. The normalized spacial score (nSPS) is 11.4. The van der Waals surface area contributed by atoms with E-state index < -0.39 is 26.6 Å². The summed E-state index contributed by atoms with van der Waals surface area (Å²) in [5.74, 6) is -1.28. The van der Waals surface area contributed by atoms with Crippen LogP contribution in [0.3, 0.4) is 0 Å². The average molecular weight is 299 g/mol. The van der Waals surface area contributed by atoms with Gasteiger partial charge in [-0.25, -0.2) is 4.79 Å². The summed E-state index contributed by atoms with van der Waals surface area (Å²) < 4.78 is 26.3. The van der Waals surface area contributed by atoms with Crippen molar-refractivity contribution in [1.82, 2.24) is 20.4 Å². The van der Waals surface area contributed by atoms with E-state index in [1.165, 1.54) is 0 Å². The highest BCUT2D eigenvalue weighted by atomic mass is 32.2. The number of aromatic nitrogens is 4. The molecule has 0 saturated heterocycles. The Labute approximate surface area is 114 Å². The molecule has 0 radical (unpaired) electrons. The lowest BCUT2D eigenvalue weighted by atomic mass is 10.2. The van der Waals surface area contributed by atoms with Crippen molar-refractivity contribution in [3.63, 3.8) is 0 Å². The molecule has 0 amide bonds. The van der Waals surface area contributed by atoms with E-state index in [1.54, 1.807) is 6.07 Å². The Morgan fingerprint density at radius 1 is 1.45 bits per heavy atom. The lowest BCUT2D eigenvalue weighted by Gasteiger charge is -2.03. The van der Waals surface area contributed by atoms with Crippen LogP contribution in [-0.4, -0.2) is 39.9 Å². The predicted octanol–water partition coefficient (Wildman–Crippen LogP) is 0.584. The van der Waals surface area contributed by atoms with Gasteiger partial charge < -0.3 is 5.11 Å². The molecule has 0 aliphatic carbocycles. The molecule has 0 aromatic carbocycles. The number of carboxylic acids is 1. The fourth-order valence-corrected chi connectivity index (χ4v) is 2.72. The highest BCUT2D eigenvalue weighted by Gasteiger charge is 2.25. The Morgan fingerprint density at radius 2 is 2.20 bits per heavy atom. The van der Waals surface area contributed by atoms with Gasteiger partial charge in [-0.15, -0.1) is 0 Å². The second-order valence-electron chi connectivity index (χ2n) is 4.05. The van der Waals surface area contributed by atoms with Gasteiger partial charge in [0.2, 0.25) is 0 Å². The first-order chi connectivity index (χ1) is 9.44. The first-order valence-electron chi connectivity index (χ1n) is 5.78. The molecule has 2 rings (SSSR count). The number of nitrogens with one attached hydrogen (secondary N) is 3. The third-order valence-electron chi connectivity index (χ3n) is 2.49. The number of aryl methyl sites for hydroxylation is 1. The number of sulfonamides is 1. The first kappa shape index (κ1) is 14.1. The van der Waals surface area contributed by atoms with Gasteiger partial charge >= 0.3 is 5.97 Å². The van der Waals surface area contributed by atoms with Crippen molar-refractivity contribution < 1.29 is 18.3 Å². The van der Waals surface area contributed by atoms with Crippen LogP contribution in [0, 0.1) is 0 Å². The molecule has 4 N–H and O–H groups in total. The van der Waals surface area contributed by atoms with Crippen LogP contribution in [-0.2, 0) is 16.4 Å². The number of H-pyrrole nitrogens is 2. The van der Waals surface area contributed by atoms with E-state index in [1.807, 2.05) is 6.92 Å². The molecule has 0 spiro atoms. The second-order valence-corrected chi connectivity index (χ2v) is 5.67. The van der Waals surface area contributed by atoms with E-state index in [-0.39, 0.29) is 5.82 Å². The third-order valence-corrected chi connectivity index (χ3v) is 3.82. The van der Waals surface area contributed by atoms with Crippen molar-refractivity contribution in [2.24, 2.45) is 0 Å². The Bertz CT molecular complexity index is 718. The van der Waals surface area contributed by atoms with Crippen LogP contribution in [0.2, 0.25) is 0 Å². The van der Waals surface area contributed by atoms with Crippen LogP contribution in [0.15, 0.2) is 17.3 Å². The summed E-state index contributed by atoms with van der Waals surface area (Å²) in [6, 6.07) is 1.55. The standard InChI is InChI=1S/C10H13N5O4S/c1-2-3-6-4-8(13-12-6)15-20(18,19)9-7(10(16)17)5-11-14-9/h4-5H,2-3H2,1H3,(H,11,14)(H,16,17)(H2,12,13,15).